The average molecular weight is 312 g/mol. The molecule has 0 aromatic rings. The molecule has 2 heterocycles. The molecule has 2 fully saturated rings. The highest BCUT2D eigenvalue weighted by Crippen LogP contribution is 2.21. The lowest BCUT2D eigenvalue weighted by atomic mass is 9.93. The molecule has 0 amide bonds. The van der Waals surface area contributed by atoms with Crippen molar-refractivity contribution >= 4 is 0 Å². The van der Waals surface area contributed by atoms with E-state index in [1.165, 1.54) is 64.7 Å². The predicted octanol–water partition coefficient (Wildman–Crippen LogP) is 1.95. The number of piperidine rings is 2. The minimum absolute atomic E-state index is 0.159. The highest BCUT2D eigenvalue weighted by Gasteiger charge is 2.24. The zero-order valence-corrected chi connectivity index (χ0v) is 14.6. The van der Waals surface area contributed by atoms with Crippen molar-refractivity contribution in [1.29, 1.82) is 0 Å². The molecule has 0 saturated carbocycles. The number of hydrogen-bond acceptors (Lipinski definition) is 4. The fourth-order valence-electron chi connectivity index (χ4n) is 4.05. The van der Waals surface area contributed by atoms with Crippen molar-refractivity contribution in [2.24, 2.45) is 11.8 Å². The smallest absolute Gasteiger partial charge is 0.0552 e. The van der Waals surface area contributed by atoms with Gasteiger partial charge in [-0.2, -0.15) is 0 Å². The van der Waals surface area contributed by atoms with Crippen LogP contribution in [0.1, 0.15) is 52.4 Å². The Hall–Kier alpha value is -0.160. The lowest BCUT2D eigenvalue weighted by molar-refractivity contribution is 0.0566. The van der Waals surface area contributed by atoms with E-state index in [2.05, 4.69) is 9.80 Å². The molecule has 4 nitrogen and oxygen atoms in total. The van der Waals surface area contributed by atoms with Crippen LogP contribution in [0.25, 0.3) is 0 Å². The quantitative estimate of drug-likeness (QED) is 0.706. The predicted molar refractivity (Wildman–Crippen MR) is 90.9 cm³/mol. The maximum absolute atomic E-state index is 9.75. The summed E-state index contributed by atoms with van der Waals surface area (Å²) in [4.78, 5) is 5.07. The van der Waals surface area contributed by atoms with E-state index < -0.39 is 0 Å². The molecule has 130 valence electrons. The number of unbranched alkanes of at least 4 members (excludes halogenated alkanes) is 1. The lowest BCUT2D eigenvalue weighted by Gasteiger charge is -2.35. The zero-order chi connectivity index (χ0) is 15.9. The van der Waals surface area contributed by atoms with Crippen molar-refractivity contribution in [3.63, 3.8) is 0 Å². The van der Waals surface area contributed by atoms with E-state index in [0.29, 0.717) is 11.8 Å². The molecule has 0 aromatic carbocycles. The van der Waals surface area contributed by atoms with Gasteiger partial charge in [-0.3, -0.25) is 0 Å². The summed E-state index contributed by atoms with van der Waals surface area (Å²) in [5.41, 5.74) is 0. The molecule has 2 aliphatic heterocycles. The van der Waals surface area contributed by atoms with Crippen LogP contribution in [0.4, 0.5) is 0 Å². The number of likely N-dealkylation sites (tertiary alicyclic amines) is 2. The Morgan fingerprint density at radius 2 is 1.23 bits per heavy atom. The summed E-state index contributed by atoms with van der Waals surface area (Å²) in [5, 5.41) is 19.5. The summed E-state index contributed by atoms with van der Waals surface area (Å²) in [7, 11) is 0. The highest BCUT2D eigenvalue weighted by atomic mass is 16.3. The van der Waals surface area contributed by atoms with E-state index in [1.54, 1.807) is 0 Å². The van der Waals surface area contributed by atoms with Gasteiger partial charge in [0.2, 0.25) is 0 Å². The molecule has 2 N–H and O–H groups in total. The standard InChI is InChI=1S/C18H36N2O2/c1-15(21)17-7-5-11-19(13-17)9-3-4-10-20-12-6-8-18(14-20)16(2)22/h15-18,21-22H,3-14H2,1-2H3. The Labute approximate surface area is 136 Å². The van der Waals surface area contributed by atoms with Gasteiger partial charge in [0.1, 0.15) is 0 Å². The molecule has 0 bridgehead atoms. The molecule has 2 saturated heterocycles. The maximum atomic E-state index is 9.75. The zero-order valence-electron chi connectivity index (χ0n) is 14.6. The summed E-state index contributed by atoms with van der Waals surface area (Å²) in [6, 6.07) is 0. The average Bonchev–Trinajstić information content (AvgIpc) is 2.52. The van der Waals surface area contributed by atoms with E-state index in [4.69, 9.17) is 0 Å². The highest BCUT2D eigenvalue weighted by molar-refractivity contribution is 4.78. The monoisotopic (exact) mass is 312 g/mol. The number of rotatable bonds is 7. The van der Waals surface area contributed by atoms with E-state index in [0.717, 1.165) is 13.1 Å². The van der Waals surface area contributed by atoms with E-state index >= 15 is 0 Å². The Balaban J connectivity index is 1.59. The van der Waals surface area contributed by atoms with E-state index in [-0.39, 0.29) is 12.2 Å². The second kappa shape index (κ2) is 9.21. The number of aliphatic hydroxyl groups is 2. The first kappa shape index (κ1) is 18.2. The Morgan fingerprint density at radius 1 is 0.818 bits per heavy atom. The van der Waals surface area contributed by atoms with Crippen molar-refractivity contribution < 1.29 is 10.2 Å². The van der Waals surface area contributed by atoms with Gasteiger partial charge < -0.3 is 20.0 Å². The molecular weight excluding hydrogens is 276 g/mol. The van der Waals surface area contributed by atoms with Gasteiger partial charge in [0.15, 0.2) is 0 Å². The minimum Gasteiger partial charge on any atom is -0.393 e. The van der Waals surface area contributed by atoms with E-state index in [9.17, 15) is 10.2 Å². The van der Waals surface area contributed by atoms with Gasteiger partial charge >= 0.3 is 0 Å². The fourth-order valence-corrected chi connectivity index (χ4v) is 4.05. The van der Waals surface area contributed by atoms with Crippen LogP contribution in [0.3, 0.4) is 0 Å². The number of hydrogen-bond donors (Lipinski definition) is 2. The van der Waals surface area contributed by atoms with Crippen LogP contribution in [0.2, 0.25) is 0 Å². The van der Waals surface area contributed by atoms with Gasteiger partial charge in [0.25, 0.3) is 0 Å². The Bertz CT molecular complexity index is 279. The van der Waals surface area contributed by atoms with Crippen LogP contribution >= 0.6 is 0 Å². The third kappa shape index (κ3) is 5.80. The second-order valence-corrected chi connectivity index (χ2v) is 7.59. The number of nitrogens with zero attached hydrogens (tertiary/aromatic N) is 2. The van der Waals surface area contributed by atoms with Crippen molar-refractivity contribution in [1.82, 2.24) is 9.80 Å². The van der Waals surface area contributed by atoms with Gasteiger partial charge in [-0.25, -0.2) is 0 Å². The summed E-state index contributed by atoms with van der Waals surface area (Å²) < 4.78 is 0. The van der Waals surface area contributed by atoms with Gasteiger partial charge in [-0.1, -0.05) is 0 Å². The van der Waals surface area contributed by atoms with Gasteiger partial charge in [0.05, 0.1) is 12.2 Å². The molecule has 0 spiro atoms. The summed E-state index contributed by atoms with van der Waals surface area (Å²) in [5.74, 6) is 0.949. The van der Waals surface area contributed by atoms with Crippen LogP contribution in [0.5, 0.6) is 0 Å². The first-order valence-electron chi connectivity index (χ1n) is 9.37. The second-order valence-electron chi connectivity index (χ2n) is 7.59. The maximum Gasteiger partial charge on any atom is 0.0552 e. The minimum atomic E-state index is -0.159. The molecule has 2 aliphatic rings. The van der Waals surface area contributed by atoms with Crippen LogP contribution < -0.4 is 0 Å². The molecule has 0 radical (unpaired) electrons. The van der Waals surface area contributed by atoms with E-state index in [1.807, 2.05) is 13.8 Å². The van der Waals surface area contributed by atoms with Gasteiger partial charge in [-0.15, -0.1) is 0 Å². The largest absolute Gasteiger partial charge is 0.393 e. The van der Waals surface area contributed by atoms with Gasteiger partial charge in [-0.05, 0) is 90.4 Å². The molecule has 4 atom stereocenters. The first-order chi connectivity index (χ1) is 10.6. The molecule has 4 heteroatoms. The Morgan fingerprint density at radius 3 is 1.59 bits per heavy atom. The number of aliphatic hydroxyl groups excluding tert-OH is 2. The SMILES string of the molecule is CC(O)C1CCCN(CCCCN2CCCC(C(C)O)C2)C1. The topological polar surface area (TPSA) is 46.9 Å². The van der Waals surface area contributed by atoms with Crippen LogP contribution in [0, 0.1) is 11.8 Å². The normalized spacial score (nSPS) is 31.1. The molecule has 2 rings (SSSR count). The van der Waals surface area contributed by atoms with Crippen LogP contribution in [0.15, 0.2) is 0 Å². The van der Waals surface area contributed by atoms with Gasteiger partial charge in [0, 0.05) is 13.1 Å². The molecule has 0 aromatic heterocycles. The summed E-state index contributed by atoms with van der Waals surface area (Å²) in [6.07, 6.45) is 7.02. The summed E-state index contributed by atoms with van der Waals surface area (Å²) >= 11 is 0. The molecule has 22 heavy (non-hydrogen) atoms. The van der Waals surface area contributed by atoms with Crippen molar-refractivity contribution in [2.45, 2.75) is 64.6 Å². The van der Waals surface area contributed by atoms with Crippen molar-refractivity contribution in [3.05, 3.63) is 0 Å². The molecule has 4 unspecified atom stereocenters. The summed E-state index contributed by atoms with van der Waals surface area (Å²) in [6.45, 7) is 10.8. The Kier molecular flexibility index (Phi) is 7.61. The third-order valence-electron chi connectivity index (χ3n) is 5.65. The van der Waals surface area contributed by atoms with Crippen LogP contribution in [-0.2, 0) is 0 Å². The molecule has 0 aliphatic carbocycles. The fraction of sp³-hybridized carbons (Fsp3) is 1.00. The van der Waals surface area contributed by atoms with Crippen LogP contribution in [-0.4, -0.2) is 71.5 Å². The molecular formula is C18H36N2O2. The first-order valence-corrected chi connectivity index (χ1v) is 9.37. The lowest BCUT2D eigenvalue weighted by Crippen LogP contribution is -2.41. The third-order valence-corrected chi connectivity index (χ3v) is 5.65. The van der Waals surface area contributed by atoms with Crippen molar-refractivity contribution in [2.75, 3.05) is 39.3 Å². The van der Waals surface area contributed by atoms with Crippen molar-refractivity contribution in [3.8, 4) is 0 Å².